The molecule has 4 aromatic rings. The van der Waals surface area contributed by atoms with Gasteiger partial charge in [0.25, 0.3) is 5.91 Å². The van der Waals surface area contributed by atoms with Crippen molar-refractivity contribution in [3.63, 3.8) is 0 Å². The van der Waals surface area contributed by atoms with Crippen molar-refractivity contribution in [3.8, 4) is 11.5 Å². The van der Waals surface area contributed by atoms with Crippen LogP contribution in [0.2, 0.25) is 0 Å². The second kappa shape index (κ2) is 10.4. The first-order valence-electron chi connectivity index (χ1n) is 11.8. The number of carbonyl (C=O) groups is 1. The normalized spacial score (nSPS) is 14.9. The molecule has 1 atom stereocenters. The Morgan fingerprint density at radius 3 is 2.72 bits per heavy atom. The van der Waals surface area contributed by atoms with E-state index >= 15 is 0 Å². The van der Waals surface area contributed by atoms with Crippen molar-refractivity contribution in [1.29, 1.82) is 0 Å². The summed E-state index contributed by atoms with van der Waals surface area (Å²) in [6, 6.07) is 9.97. The Labute approximate surface area is 220 Å². The summed E-state index contributed by atoms with van der Waals surface area (Å²) in [5, 5.41) is 2.68. The zero-order valence-corrected chi connectivity index (χ0v) is 22.4. The summed E-state index contributed by atoms with van der Waals surface area (Å²) in [6.45, 7) is 2.77. The highest BCUT2D eigenvalue weighted by atomic mass is 79.9. The van der Waals surface area contributed by atoms with E-state index in [1.807, 2.05) is 18.2 Å². The van der Waals surface area contributed by atoms with Crippen molar-refractivity contribution in [2.24, 2.45) is 0 Å². The van der Waals surface area contributed by atoms with Crippen molar-refractivity contribution in [1.82, 2.24) is 4.98 Å². The molecule has 0 aliphatic carbocycles. The van der Waals surface area contributed by atoms with Gasteiger partial charge in [0.15, 0.2) is 22.1 Å². The highest BCUT2D eigenvalue weighted by Crippen LogP contribution is 2.43. The molecule has 0 fully saturated rings. The molecule has 1 aliphatic rings. The van der Waals surface area contributed by atoms with Crippen LogP contribution in [0.3, 0.4) is 0 Å². The van der Waals surface area contributed by atoms with E-state index in [9.17, 15) is 9.59 Å². The van der Waals surface area contributed by atoms with E-state index in [0.717, 1.165) is 23.7 Å². The molecule has 2 aromatic carbocycles. The Morgan fingerprint density at radius 1 is 1.11 bits per heavy atom. The van der Waals surface area contributed by atoms with Crippen LogP contribution in [0.5, 0.6) is 11.5 Å². The molecule has 2 aromatic heterocycles. The monoisotopic (exact) mass is 568 g/mol. The number of aromatic nitrogens is 1. The van der Waals surface area contributed by atoms with Crippen LogP contribution in [0.4, 0.5) is 5.13 Å². The maximum atomic E-state index is 13.7. The van der Waals surface area contributed by atoms with Gasteiger partial charge in [0.2, 0.25) is 5.76 Å². The lowest BCUT2D eigenvalue weighted by atomic mass is 9.98. The molecular weight excluding hydrogens is 544 g/mol. The number of unbranched alkanes of at least 4 members (excludes halogenated alkanes) is 3. The SMILES string of the molecule is CCCCCCOc1ccc(C2c3c(oc4ccc(Br)cc4c3=O)C(=O)N2c2nccs2)cc1OC. The van der Waals surface area contributed by atoms with Crippen LogP contribution in [0, 0.1) is 0 Å². The summed E-state index contributed by atoms with van der Waals surface area (Å²) in [4.78, 5) is 33.2. The maximum Gasteiger partial charge on any atom is 0.297 e. The first-order chi connectivity index (χ1) is 17.5. The number of rotatable bonds is 9. The van der Waals surface area contributed by atoms with E-state index in [4.69, 9.17) is 13.9 Å². The molecule has 186 valence electrons. The van der Waals surface area contributed by atoms with Gasteiger partial charge in [-0.25, -0.2) is 4.98 Å². The van der Waals surface area contributed by atoms with E-state index in [0.29, 0.717) is 39.8 Å². The van der Waals surface area contributed by atoms with Crippen molar-refractivity contribution in [2.75, 3.05) is 18.6 Å². The minimum absolute atomic E-state index is 0.0326. The van der Waals surface area contributed by atoms with Gasteiger partial charge in [0.1, 0.15) is 5.58 Å². The second-order valence-electron chi connectivity index (χ2n) is 8.53. The molecule has 9 heteroatoms. The molecule has 1 amide bonds. The average Bonchev–Trinajstić information content (AvgIpc) is 3.51. The molecular formula is C27H25BrN2O5S. The summed E-state index contributed by atoms with van der Waals surface area (Å²) < 4.78 is 18.4. The van der Waals surface area contributed by atoms with Gasteiger partial charge in [-0.1, -0.05) is 48.2 Å². The van der Waals surface area contributed by atoms with Gasteiger partial charge in [0, 0.05) is 16.0 Å². The van der Waals surface area contributed by atoms with Crippen LogP contribution >= 0.6 is 27.3 Å². The number of amides is 1. The average molecular weight is 569 g/mol. The zero-order chi connectivity index (χ0) is 25.2. The van der Waals surface area contributed by atoms with Gasteiger partial charge in [-0.15, -0.1) is 11.3 Å². The lowest BCUT2D eigenvalue weighted by Crippen LogP contribution is -2.29. The number of methoxy groups -OCH3 is 1. The molecule has 0 saturated carbocycles. The van der Waals surface area contributed by atoms with Crippen molar-refractivity contribution < 1.29 is 18.7 Å². The number of halogens is 1. The van der Waals surface area contributed by atoms with Crippen LogP contribution in [-0.2, 0) is 0 Å². The van der Waals surface area contributed by atoms with Gasteiger partial charge in [-0.3, -0.25) is 14.5 Å². The third kappa shape index (κ3) is 4.41. The predicted octanol–water partition coefficient (Wildman–Crippen LogP) is 6.73. The van der Waals surface area contributed by atoms with Crippen LogP contribution in [0.1, 0.15) is 60.3 Å². The van der Waals surface area contributed by atoms with E-state index < -0.39 is 11.9 Å². The molecule has 0 N–H and O–H groups in total. The summed E-state index contributed by atoms with van der Waals surface area (Å²) >= 11 is 4.75. The third-order valence-corrected chi connectivity index (χ3v) is 7.48. The Kier molecular flexibility index (Phi) is 7.11. The lowest BCUT2D eigenvalue weighted by molar-refractivity contribution is 0.0971. The van der Waals surface area contributed by atoms with Crippen molar-refractivity contribution in [2.45, 2.75) is 38.6 Å². The summed E-state index contributed by atoms with van der Waals surface area (Å²) in [7, 11) is 1.58. The maximum absolute atomic E-state index is 13.7. The minimum Gasteiger partial charge on any atom is -0.493 e. The van der Waals surface area contributed by atoms with E-state index in [2.05, 4.69) is 27.8 Å². The number of ether oxygens (including phenoxy) is 2. The summed E-state index contributed by atoms with van der Waals surface area (Å²) in [6.07, 6.45) is 6.04. The number of fused-ring (bicyclic) bond motifs is 2. The number of anilines is 1. The van der Waals surface area contributed by atoms with Crippen molar-refractivity contribution >= 4 is 49.3 Å². The Hall–Kier alpha value is -3.17. The number of hydrogen-bond acceptors (Lipinski definition) is 7. The third-order valence-electron chi connectivity index (χ3n) is 6.22. The molecule has 7 nitrogen and oxygen atoms in total. The van der Waals surface area contributed by atoms with Gasteiger partial charge in [-0.05, 0) is 42.3 Å². The van der Waals surface area contributed by atoms with Gasteiger partial charge >= 0.3 is 0 Å². The molecule has 0 saturated heterocycles. The molecule has 36 heavy (non-hydrogen) atoms. The van der Waals surface area contributed by atoms with E-state index in [-0.39, 0.29) is 16.8 Å². The quantitative estimate of drug-likeness (QED) is 0.208. The zero-order valence-electron chi connectivity index (χ0n) is 20.0. The van der Waals surface area contributed by atoms with Crippen LogP contribution in [-0.4, -0.2) is 24.6 Å². The highest BCUT2D eigenvalue weighted by molar-refractivity contribution is 9.10. The van der Waals surface area contributed by atoms with Crippen LogP contribution in [0.15, 0.2) is 61.7 Å². The number of thiazole rings is 1. The first kappa shape index (κ1) is 24.5. The second-order valence-corrected chi connectivity index (χ2v) is 10.3. The Bertz CT molecular complexity index is 1470. The molecule has 1 aliphatic heterocycles. The van der Waals surface area contributed by atoms with Gasteiger partial charge in [-0.2, -0.15) is 0 Å². The Balaban J connectivity index is 1.60. The fraction of sp³-hybridized carbons (Fsp3) is 0.296. The first-order valence-corrected chi connectivity index (χ1v) is 13.5. The number of hydrogen-bond donors (Lipinski definition) is 0. The Morgan fingerprint density at radius 2 is 1.97 bits per heavy atom. The predicted molar refractivity (Wildman–Crippen MR) is 144 cm³/mol. The van der Waals surface area contributed by atoms with Crippen LogP contribution in [0.25, 0.3) is 11.0 Å². The summed E-state index contributed by atoms with van der Waals surface area (Å²) in [5.41, 5.74) is 1.10. The highest BCUT2D eigenvalue weighted by Gasteiger charge is 2.45. The van der Waals surface area contributed by atoms with E-state index in [1.165, 1.54) is 22.7 Å². The largest absolute Gasteiger partial charge is 0.493 e. The molecule has 1 unspecified atom stereocenters. The number of benzene rings is 2. The molecule has 0 bridgehead atoms. The standard InChI is InChI=1S/C27H25BrN2O5S/c1-3-4-5-6-12-34-20-9-7-16(14-21(20)33-2)23-22-24(31)18-15-17(28)8-10-19(18)35-25(22)26(32)30(23)27-29-11-13-36-27/h7-11,13-15,23H,3-6,12H2,1-2H3. The fourth-order valence-corrected chi connectivity index (χ4v) is 5.51. The number of carbonyl (C=O) groups excluding carboxylic acids is 1. The minimum atomic E-state index is -0.717. The fourth-order valence-electron chi connectivity index (χ4n) is 4.48. The van der Waals surface area contributed by atoms with Gasteiger partial charge in [0.05, 0.1) is 30.7 Å². The smallest absolute Gasteiger partial charge is 0.297 e. The topological polar surface area (TPSA) is 81.9 Å². The summed E-state index contributed by atoms with van der Waals surface area (Å²) in [5.74, 6) is 0.792. The molecule has 3 heterocycles. The van der Waals surface area contributed by atoms with Gasteiger partial charge < -0.3 is 13.9 Å². The molecule has 0 radical (unpaired) electrons. The van der Waals surface area contributed by atoms with Crippen LogP contribution < -0.4 is 19.8 Å². The van der Waals surface area contributed by atoms with E-state index in [1.54, 1.807) is 36.9 Å². The number of nitrogens with zero attached hydrogens (tertiary/aromatic N) is 2. The van der Waals surface area contributed by atoms with Crippen molar-refractivity contribution in [3.05, 3.63) is 79.6 Å². The molecule has 0 spiro atoms. The lowest BCUT2D eigenvalue weighted by Gasteiger charge is -2.23. The molecule has 5 rings (SSSR count).